The molecule has 0 fully saturated rings. The third kappa shape index (κ3) is 4.32. The molecular formula is C17H18N6O3. The van der Waals surface area contributed by atoms with Crippen molar-refractivity contribution in [3.63, 3.8) is 0 Å². The van der Waals surface area contributed by atoms with E-state index in [1.165, 1.54) is 6.20 Å². The first-order chi connectivity index (χ1) is 12.5. The molecule has 3 rings (SSSR count). The normalized spacial score (nSPS) is 10.5. The van der Waals surface area contributed by atoms with E-state index < -0.39 is 0 Å². The van der Waals surface area contributed by atoms with E-state index in [4.69, 9.17) is 4.52 Å². The number of aryl methyl sites for hydroxylation is 2. The molecule has 0 radical (unpaired) electrons. The van der Waals surface area contributed by atoms with Crippen molar-refractivity contribution in [1.82, 2.24) is 25.4 Å². The monoisotopic (exact) mass is 354 g/mol. The summed E-state index contributed by atoms with van der Waals surface area (Å²) < 4.78 is 4.95. The Hall–Kier alpha value is -3.49. The molecule has 3 aromatic rings. The van der Waals surface area contributed by atoms with Crippen molar-refractivity contribution in [2.45, 2.75) is 20.3 Å². The zero-order valence-electron chi connectivity index (χ0n) is 14.4. The molecule has 3 N–H and O–H groups in total. The number of hydrogen-bond acceptors (Lipinski definition) is 6. The molecule has 9 heteroatoms. The van der Waals surface area contributed by atoms with E-state index in [9.17, 15) is 9.59 Å². The van der Waals surface area contributed by atoms with E-state index in [0.29, 0.717) is 34.5 Å². The van der Waals surface area contributed by atoms with Crippen molar-refractivity contribution >= 4 is 17.6 Å². The minimum atomic E-state index is -0.280. The second-order valence-electron chi connectivity index (χ2n) is 5.65. The van der Waals surface area contributed by atoms with Crippen molar-refractivity contribution in [2.75, 3.05) is 11.9 Å². The number of imidazole rings is 1. The van der Waals surface area contributed by atoms with E-state index in [1.54, 1.807) is 38.1 Å². The Bertz CT molecular complexity index is 930. The maximum absolute atomic E-state index is 12.3. The van der Waals surface area contributed by atoms with Gasteiger partial charge in [0.15, 0.2) is 0 Å². The van der Waals surface area contributed by atoms with Gasteiger partial charge in [0.2, 0.25) is 17.6 Å². The van der Waals surface area contributed by atoms with Crippen LogP contribution in [0.4, 0.5) is 5.82 Å². The summed E-state index contributed by atoms with van der Waals surface area (Å²) in [5, 5.41) is 9.22. The lowest BCUT2D eigenvalue weighted by Crippen LogP contribution is -2.27. The van der Waals surface area contributed by atoms with Crippen molar-refractivity contribution in [3.8, 4) is 11.4 Å². The highest BCUT2D eigenvalue weighted by molar-refractivity contribution is 5.96. The number of carbonyl (C=O) groups excluding carboxylic acids is 2. The topological polar surface area (TPSA) is 126 Å². The first kappa shape index (κ1) is 17.3. The number of amides is 2. The molecule has 26 heavy (non-hydrogen) atoms. The van der Waals surface area contributed by atoms with Crippen LogP contribution in [0.25, 0.3) is 11.4 Å². The summed E-state index contributed by atoms with van der Waals surface area (Å²) in [6.45, 7) is 3.70. The van der Waals surface area contributed by atoms with Crippen LogP contribution in [0.2, 0.25) is 0 Å². The number of aromatic nitrogens is 4. The van der Waals surface area contributed by atoms with Crippen LogP contribution in [-0.2, 0) is 4.79 Å². The molecule has 0 aliphatic heterocycles. The number of benzene rings is 1. The zero-order chi connectivity index (χ0) is 18.5. The van der Waals surface area contributed by atoms with Gasteiger partial charge in [-0.05, 0) is 19.1 Å². The Morgan fingerprint density at radius 2 is 2.12 bits per heavy atom. The zero-order valence-corrected chi connectivity index (χ0v) is 14.4. The standard InChI is InChI=1S/C17H18N6O3/c1-10-19-9-14(20-10)22-15(24)6-7-18-17(25)13-5-3-4-12(8-13)16-21-11(2)26-23-16/h3-5,8-9H,6-7H2,1-2H3,(H,18,25)(H,19,20)(H,22,24). The molecule has 2 heterocycles. The number of hydrogen-bond donors (Lipinski definition) is 3. The Balaban J connectivity index is 1.52. The van der Waals surface area contributed by atoms with Crippen molar-refractivity contribution in [1.29, 1.82) is 0 Å². The molecule has 0 unspecified atom stereocenters. The number of nitrogens with one attached hydrogen (secondary N) is 3. The van der Waals surface area contributed by atoms with Gasteiger partial charge in [-0.1, -0.05) is 17.3 Å². The third-order valence-corrected chi connectivity index (χ3v) is 3.53. The van der Waals surface area contributed by atoms with Crippen LogP contribution in [0.3, 0.4) is 0 Å². The van der Waals surface area contributed by atoms with Crippen LogP contribution >= 0.6 is 0 Å². The molecule has 0 spiro atoms. The van der Waals surface area contributed by atoms with Crippen LogP contribution in [-0.4, -0.2) is 38.5 Å². The summed E-state index contributed by atoms with van der Waals surface area (Å²) in [5.74, 6) is 1.62. The highest BCUT2D eigenvalue weighted by atomic mass is 16.5. The first-order valence-corrected chi connectivity index (χ1v) is 8.01. The smallest absolute Gasteiger partial charge is 0.251 e. The van der Waals surface area contributed by atoms with Crippen molar-refractivity contribution in [2.24, 2.45) is 0 Å². The van der Waals surface area contributed by atoms with Gasteiger partial charge in [-0.25, -0.2) is 4.98 Å². The predicted molar refractivity (Wildman–Crippen MR) is 93.4 cm³/mol. The molecule has 9 nitrogen and oxygen atoms in total. The van der Waals surface area contributed by atoms with Crippen LogP contribution in [0.5, 0.6) is 0 Å². The largest absolute Gasteiger partial charge is 0.352 e. The van der Waals surface area contributed by atoms with Gasteiger partial charge in [0.1, 0.15) is 11.6 Å². The fourth-order valence-electron chi connectivity index (χ4n) is 2.30. The highest BCUT2D eigenvalue weighted by Gasteiger charge is 2.11. The Labute approximate surface area is 149 Å². The molecule has 0 aliphatic carbocycles. The fraction of sp³-hybridized carbons (Fsp3) is 0.235. The van der Waals surface area contributed by atoms with Crippen molar-refractivity contribution in [3.05, 3.63) is 47.7 Å². The summed E-state index contributed by atoms with van der Waals surface area (Å²) in [6, 6.07) is 6.89. The van der Waals surface area contributed by atoms with Gasteiger partial charge >= 0.3 is 0 Å². The minimum Gasteiger partial charge on any atom is -0.352 e. The van der Waals surface area contributed by atoms with Crippen LogP contribution in [0.15, 0.2) is 35.0 Å². The summed E-state index contributed by atoms with van der Waals surface area (Å²) >= 11 is 0. The quantitative estimate of drug-likeness (QED) is 0.620. The lowest BCUT2D eigenvalue weighted by Gasteiger charge is -2.06. The molecular weight excluding hydrogens is 336 g/mol. The molecule has 0 bridgehead atoms. The van der Waals surface area contributed by atoms with Crippen LogP contribution < -0.4 is 10.6 Å². The van der Waals surface area contributed by atoms with Gasteiger partial charge in [0.05, 0.1) is 6.20 Å². The molecule has 0 saturated heterocycles. The Morgan fingerprint density at radius 1 is 1.27 bits per heavy atom. The second kappa shape index (κ2) is 7.60. The van der Waals surface area contributed by atoms with E-state index >= 15 is 0 Å². The number of rotatable bonds is 6. The van der Waals surface area contributed by atoms with Gasteiger partial charge < -0.3 is 20.1 Å². The third-order valence-electron chi connectivity index (χ3n) is 3.53. The summed E-state index contributed by atoms with van der Waals surface area (Å²) in [7, 11) is 0. The molecule has 1 aromatic carbocycles. The molecule has 0 atom stereocenters. The van der Waals surface area contributed by atoms with Crippen molar-refractivity contribution < 1.29 is 14.1 Å². The van der Waals surface area contributed by atoms with Gasteiger partial charge in [0, 0.05) is 31.0 Å². The Morgan fingerprint density at radius 3 is 2.81 bits per heavy atom. The predicted octanol–water partition coefficient (Wildman–Crippen LogP) is 1.84. The highest BCUT2D eigenvalue weighted by Crippen LogP contribution is 2.17. The van der Waals surface area contributed by atoms with Crippen LogP contribution in [0.1, 0.15) is 28.5 Å². The van der Waals surface area contributed by atoms with E-state index in [0.717, 1.165) is 0 Å². The molecule has 2 amide bonds. The van der Waals surface area contributed by atoms with Gasteiger partial charge in [0.25, 0.3) is 5.91 Å². The number of carbonyl (C=O) groups is 2. The average molecular weight is 354 g/mol. The SMILES string of the molecule is Cc1ncc(NC(=O)CCNC(=O)c2cccc(-c3noc(C)n3)c2)[nH]1. The number of aromatic amines is 1. The van der Waals surface area contributed by atoms with Gasteiger partial charge in [-0.2, -0.15) is 4.98 Å². The fourth-order valence-corrected chi connectivity index (χ4v) is 2.30. The van der Waals surface area contributed by atoms with Gasteiger partial charge in [-0.3, -0.25) is 9.59 Å². The maximum atomic E-state index is 12.3. The molecule has 0 saturated carbocycles. The summed E-state index contributed by atoms with van der Waals surface area (Å²) in [5.41, 5.74) is 1.14. The number of nitrogens with zero attached hydrogens (tertiary/aromatic N) is 3. The Kier molecular flexibility index (Phi) is 5.07. The maximum Gasteiger partial charge on any atom is 0.251 e. The lowest BCUT2D eigenvalue weighted by molar-refractivity contribution is -0.116. The molecule has 134 valence electrons. The minimum absolute atomic E-state index is 0.146. The second-order valence-corrected chi connectivity index (χ2v) is 5.65. The number of anilines is 1. The summed E-state index contributed by atoms with van der Waals surface area (Å²) in [4.78, 5) is 35.1. The summed E-state index contributed by atoms with van der Waals surface area (Å²) in [6.07, 6.45) is 1.69. The van der Waals surface area contributed by atoms with Gasteiger partial charge in [-0.15, -0.1) is 0 Å². The molecule has 2 aromatic heterocycles. The molecule has 0 aliphatic rings. The number of H-pyrrole nitrogens is 1. The van der Waals surface area contributed by atoms with E-state index in [1.807, 2.05) is 0 Å². The lowest BCUT2D eigenvalue weighted by atomic mass is 10.1. The van der Waals surface area contributed by atoms with E-state index in [-0.39, 0.29) is 24.8 Å². The first-order valence-electron chi connectivity index (χ1n) is 8.01. The van der Waals surface area contributed by atoms with E-state index in [2.05, 4.69) is 30.7 Å². The van der Waals surface area contributed by atoms with Crippen LogP contribution in [0, 0.1) is 13.8 Å². The average Bonchev–Trinajstić information content (AvgIpc) is 3.23.